The van der Waals surface area contributed by atoms with Crippen LogP contribution in [0.15, 0.2) is 41.4 Å². The van der Waals surface area contributed by atoms with Crippen molar-refractivity contribution in [1.82, 2.24) is 20.5 Å². The Kier molecular flexibility index (Phi) is 5.10. The van der Waals surface area contributed by atoms with Crippen LogP contribution in [0.5, 0.6) is 11.6 Å². The van der Waals surface area contributed by atoms with E-state index in [0.29, 0.717) is 17.1 Å². The summed E-state index contributed by atoms with van der Waals surface area (Å²) in [5.74, 6) is 1.26. The second kappa shape index (κ2) is 8.02. The van der Waals surface area contributed by atoms with Gasteiger partial charge in [-0.25, -0.2) is 9.98 Å². The Hall–Kier alpha value is -4.61. The zero-order valence-electron chi connectivity index (χ0n) is 15.7. The Bertz CT molecular complexity index is 1260. The number of halogens is 1. The van der Waals surface area contributed by atoms with Gasteiger partial charge in [-0.2, -0.15) is 10.5 Å². The highest BCUT2D eigenvalue weighted by molar-refractivity contribution is 6.29. The predicted octanol–water partition coefficient (Wildman–Crippen LogP) is 2.29. The number of ether oxygens (including phenoxy) is 1. The molecule has 3 aromatic rings. The lowest BCUT2D eigenvalue weighted by atomic mass is 9.95. The van der Waals surface area contributed by atoms with Crippen LogP contribution in [0.1, 0.15) is 22.7 Å². The van der Waals surface area contributed by atoms with E-state index < -0.39 is 6.04 Å². The first kappa shape index (κ1) is 19.7. The second-order valence-corrected chi connectivity index (χ2v) is 6.65. The molecule has 12 heteroatoms. The minimum Gasteiger partial charge on any atom is -0.438 e. The molecule has 11 nitrogen and oxygen atoms in total. The molecule has 0 bridgehead atoms. The highest BCUT2D eigenvalue weighted by Gasteiger charge is 2.29. The first-order chi connectivity index (χ1) is 15.0. The number of nitrogen functional groups attached to an aromatic ring is 2. The molecule has 0 aliphatic carbocycles. The van der Waals surface area contributed by atoms with Crippen molar-refractivity contribution in [3.8, 4) is 23.9 Å². The number of nitrogens with one attached hydrogen (secondary N) is 2. The van der Waals surface area contributed by atoms with E-state index in [4.69, 9.17) is 33.1 Å². The SMILES string of the molecule is N#CNC1=NC(c2ccc(Oc3ccc(Cl)nn3)cc2)c2c(nc(N)c(C#N)c2N)N1. The lowest BCUT2D eigenvalue weighted by Crippen LogP contribution is -2.32. The molecule has 1 aliphatic heterocycles. The van der Waals surface area contributed by atoms with Gasteiger partial charge in [0.2, 0.25) is 11.8 Å². The first-order valence-corrected chi connectivity index (χ1v) is 9.14. The number of nitrogens with zero attached hydrogens (tertiary/aromatic N) is 6. The van der Waals surface area contributed by atoms with Crippen LogP contribution < -0.4 is 26.8 Å². The van der Waals surface area contributed by atoms with Crippen molar-refractivity contribution in [1.29, 1.82) is 10.5 Å². The van der Waals surface area contributed by atoms with Crippen LogP contribution in [0.3, 0.4) is 0 Å². The maximum atomic E-state index is 9.39. The van der Waals surface area contributed by atoms with Crippen LogP contribution in [-0.4, -0.2) is 21.1 Å². The standard InChI is InChI=1S/C19H13ClN10O/c20-12-5-6-13(30-29-12)31-10-3-1-9(2-4-10)16-14-15(23)11(7-21)17(24)27-18(14)28-19(26-16)25-8-22/h1-6,16H,(H6,23,24,25,26,27,28). The van der Waals surface area contributed by atoms with E-state index in [9.17, 15) is 5.26 Å². The largest absolute Gasteiger partial charge is 0.438 e. The molecule has 2 aromatic heterocycles. The van der Waals surface area contributed by atoms with Crippen LogP contribution in [0.2, 0.25) is 5.15 Å². The van der Waals surface area contributed by atoms with Crippen LogP contribution in [0.4, 0.5) is 17.3 Å². The number of aromatic nitrogens is 3. The summed E-state index contributed by atoms with van der Waals surface area (Å²) >= 11 is 5.73. The number of pyridine rings is 1. The number of hydrogen-bond acceptors (Lipinski definition) is 11. The van der Waals surface area contributed by atoms with Gasteiger partial charge in [0.25, 0.3) is 0 Å². The fraction of sp³-hybridized carbons (Fsp3) is 0.0526. The number of nitriles is 2. The molecule has 152 valence electrons. The van der Waals surface area contributed by atoms with E-state index in [0.717, 1.165) is 5.56 Å². The summed E-state index contributed by atoms with van der Waals surface area (Å²) in [6.07, 6.45) is 1.80. The average Bonchev–Trinajstić information content (AvgIpc) is 2.76. The van der Waals surface area contributed by atoms with Crippen molar-refractivity contribution in [3.05, 3.63) is 58.2 Å². The van der Waals surface area contributed by atoms with E-state index in [1.54, 1.807) is 42.6 Å². The number of rotatable bonds is 3. The molecule has 1 unspecified atom stereocenters. The molecule has 0 fully saturated rings. The zero-order valence-corrected chi connectivity index (χ0v) is 16.4. The van der Waals surface area contributed by atoms with Gasteiger partial charge in [-0.15, -0.1) is 10.2 Å². The summed E-state index contributed by atoms with van der Waals surface area (Å²) in [4.78, 5) is 8.71. The third-order valence-electron chi connectivity index (χ3n) is 4.38. The lowest BCUT2D eigenvalue weighted by molar-refractivity contribution is 0.455. The maximum Gasteiger partial charge on any atom is 0.238 e. The highest BCUT2D eigenvalue weighted by Crippen LogP contribution is 2.40. The van der Waals surface area contributed by atoms with Crippen LogP contribution in [-0.2, 0) is 0 Å². The fourth-order valence-electron chi connectivity index (χ4n) is 3.02. The van der Waals surface area contributed by atoms with Crippen molar-refractivity contribution < 1.29 is 4.74 Å². The third-order valence-corrected chi connectivity index (χ3v) is 4.58. The molecular formula is C19H13ClN10O. The van der Waals surface area contributed by atoms with Crippen LogP contribution in [0.25, 0.3) is 0 Å². The van der Waals surface area contributed by atoms with Gasteiger partial charge in [0.15, 0.2) is 11.3 Å². The van der Waals surface area contributed by atoms with Crippen LogP contribution in [0, 0.1) is 22.8 Å². The molecule has 0 radical (unpaired) electrons. The Balaban J connectivity index is 1.72. The molecule has 6 N–H and O–H groups in total. The van der Waals surface area contributed by atoms with E-state index in [1.807, 2.05) is 6.07 Å². The fourth-order valence-corrected chi connectivity index (χ4v) is 3.12. The summed E-state index contributed by atoms with van der Waals surface area (Å²) in [5.41, 5.74) is 13.5. The van der Waals surface area contributed by atoms with Gasteiger partial charge in [-0.1, -0.05) is 23.7 Å². The lowest BCUT2D eigenvalue weighted by Gasteiger charge is -2.26. The number of guanidine groups is 1. The summed E-state index contributed by atoms with van der Waals surface area (Å²) in [6.45, 7) is 0. The molecule has 31 heavy (non-hydrogen) atoms. The van der Waals surface area contributed by atoms with Crippen molar-refractivity contribution in [2.45, 2.75) is 6.04 Å². The van der Waals surface area contributed by atoms with E-state index in [-0.39, 0.29) is 34.1 Å². The molecule has 0 saturated heterocycles. The van der Waals surface area contributed by atoms with Crippen LogP contribution >= 0.6 is 11.6 Å². The monoisotopic (exact) mass is 432 g/mol. The van der Waals surface area contributed by atoms with Crippen molar-refractivity contribution in [3.63, 3.8) is 0 Å². The van der Waals surface area contributed by atoms with Crippen molar-refractivity contribution >= 4 is 34.9 Å². The topological polar surface area (TPSA) is 184 Å². The van der Waals surface area contributed by atoms with Gasteiger partial charge < -0.3 is 21.5 Å². The predicted molar refractivity (Wildman–Crippen MR) is 113 cm³/mol. The summed E-state index contributed by atoms with van der Waals surface area (Å²) < 4.78 is 5.65. The molecule has 0 amide bonds. The second-order valence-electron chi connectivity index (χ2n) is 6.27. The van der Waals surface area contributed by atoms with Gasteiger partial charge in [-0.05, 0) is 23.8 Å². The number of fused-ring (bicyclic) bond motifs is 1. The van der Waals surface area contributed by atoms with Gasteiger partial charge in [-0.3, -0.25) is 5.32 Å². The number of benzene rings is 1. The Labute approximate surface area is 181 Å². The quantitative estimate of drug-likeness (QED) is 0.353. The summed E-state index contributed by atoms with van der Waals surface area (Å²) in [6, 6.07) is 11.5. The van der Waals surface area contributed by atoms with Crippen molar-refractivity contribution in [2.75, 3.05) is 16.8 Å². The summed E-state index contributed by atoms with van der Waals surface area (Å²) in [5, 5.41) is 31.5. The van der Waals surface area contributed by atoms with Gasteiger partial charge >= 0.3 is 0 Å². The molecule has 1 atom stereocenters. The van der Waals surface area contributed by atoms with Gasteiger partial charge in [0.1, 0.15) is 35.1 Å². The normalized spacial score (nSPS) is 14.3. The Morgan fingerprint density at radius 1 is 1.10 bits per heavy atom. The molecule has 4 rings (SSSR count). The Morgan fingerprint density at radius 3 is 2.52 bits per heavy atom. The number of hydrogen-bond donors (Lipinski definition) is 4. The summed E-state index contributed by atoms with van der Waals surface area (Å²) in [7, 11) is 0. The molecule has 3 heterocycles. The van der Waals surface area contributed by atoms with Gasteiger partial charge in [0, 0.05) is 11.6 Å². The minimum absolute atomic E-state index is 0.0176. The van der Waals surface area contributed by atoms with Crippen molar-refractivity contribution in [2.24, 2.45) is 4.99 Å². The first-order valence-electron chi connectivity index (χ1n) is 8.76. The smallest absolute Gasteiger partial charge is 0.238 e. The molecule has 1 aliphatic rings. The number of aliphatic imine (C=N–C) groups is 1. The van der Waals surface area contributed by atoms with E-state index in [2.05, 4.69) is 30.8 Å². The minimum atomic E-state index is -0.642. The molecular weight excluding hydrogens is 420 g/mol. The van der Waals surface area contributed by atoms with Gasteiger partial charge in [0.05, 0.1) is 5.69 Å². The average molecular weight is 433 g/mol. The maximum absolute atomic E-state index is 9.39. The molecule has 0 saturated carbocycles. The van der Waals surface area contributed by atoms with E-state index >= 15 is 0 Å². The zero-order chi connectivity index (χ0) is 22.0. The number of anilines is 3. The third kappa shape index (κ3) is 3.81. The number of nitrogens with two attached hydrogens (primary N) is 2. The highest BCUT2D eigenvalue weighted by atomic mass is 35.5. The Morgan fingerprint density at radius 2 is 1.87 bits per heavy atom. The van der Waals surface area contributed by atoms with E-state index in [1.165, 1.54) is 0 Å². The molecule has 1 aromatic carbocycles. The molecule has 0 spiro atoms.